The van der Waals surface area contributed by atoms with Crippen LogP contribution in [0.3, 0.4) is 0 Å². The molecule has 1 heterocycles. The summed E-state index contributed by atoms with van der Waals surface area (Å²) in [4.78, 5) is 10.4. The lowest BCUT2D eigenvalue weighted by Gasteiger charge is -2.02. The third-order valence-electron chi connectivity index (χ3n) is 2.47. The lowest BCUT2D eigenvalue weighted by Crippen LogP contribution is -1.96. The van der Waals surface area contributed by atoms with Gasteiger partial charge in [0.15, 0.2) is 6.61 Å². The maximum atomic E-state index is 10.4. The molecule has 20 heavy (non-hydrogen) atoms. The van der Waals surface area contributed by atoms with E-state index in [1.807, 2.05) is 0 Å². The average Bonchev–Trinajstić information content (AvgIpc) is 2.86. The minimum atomic E-state index is -0.837. The summed E-state index contributed by atoms with van der Waals surface area (Å²) in [6, 6.07) is 6.93. The largest absolute Gasteiger partial charge is 0.484 e. The Balaban J connectivity index is 1.80. The highest BCUT2D eigenvalue weighted by molar-refractivity contribution is 6.30. The van der Waals surface area contributed by atoms with Gasteiger partial charge in [-0.05, 0) is 30.7 Å². The van der Waals surface area contributed by atoms with Gasteiger partial charge in [-0.2, -0.15) is 0 Å². The number of ether oxygens (including phenoxy) is 1. The van der Waals surface area contributed by atoms with Gasteiger partial charge >= 0.3 is 5.97 Å². The fourth-order valence-corrected chi connectivity index (χ4v) is 1.64. The molecule has 0 fully saturated rings. The standard InChI is InChI=1S/C13H13ClN2O4/c14-9-4-6-10(7-5-9)19-8-12-16-15-11(20-12)2-1-3-13(17)18/h4-7H,1-3,8H2,(H,17,18). The Kier molecular flexibility index (Phi) is 4.95. The third kappa shape index (κ3) is 4.55. The molecule has 2 rings (SSSR count). The number of carbonyl (C=O) groups is 1. The molecule has 0 unspecified atom stereocenters. The van der Waals surface area contributed by atoms with E-state index in [2.05, 4.69) is 10.2 Å². The normalized spacial score (nSPS) is 10.4. The van der Waals surface area contributed by atoms with Gasteiger partial charge in [-0.25, -0.2) is 0 Å². The summed E-state index contributed by atoms with van der Waals surface area (Å²) in [5.41, 5.74) is 0. The van der Waals surface area contributed by atoms with Crippen LogP contribution < -0.4 is 4.74 Å². The summed E-state index contributed by atoms with van der Waals surface area (Å²) in [6.07, 6.45) is 0.994. The van der Waals surface area contributed by atoms with E-state index in [9.17, 15) is 4.79 Å². The van der Waals surface area contributed by atoms with Gasteiger partial charge in [0, 0.05) is 17.9 Å². The highest BCUT2D eigenvalue weighted by Crippen LogP contribution is 2.16. The van der Waals surface area contributed by atoms with E-state index in [1.165, 1.54) is 0 Å². The Bertz CT molecular complexity index is 568. The number of aromatic nitrogens is 2. The Morgan fingerprint density at radius 3 is 2.65 bits per heavy atom. The highest BCUT2D eigenvalue weighted by atomic mass is 35.5. The first kappa shape index (κ1) is 14.3. The molecule has 0 aliphatic rings. The van der Waals surface area contributed by atoms with E-state index in [0.717, 1.165) is 0 Å². The zero-order valence-corrected chi connectivity index (χ0v) is 11.3. The van der Waals surface area contributed by atoms with E-state index in [-0.39, 0.29) is 13.0 Å². The maximum Gasteiger partial charge on any atom is 0.303 e. The summed E-state index contributed by atoms with van der Waals surface area (Å²) >= 11 is 5.76. The van der Waals surface area contributed by atoms with Crippen molar-refractivity contribution in [1.82, 2.24) is 10.2 Å². The minimum Gasteiger partial charge on any atom is -0.484 e. The van der Waals surface area contributed by atoms with Crippen molar-refractivity contribution < 1.29 is 19.1 Å². The van der Waals surface area contributed by atoms with Crippen LogP contribution in [0.5, 0.6) is 5.75 Å². The molecule has 1 N–H and O–H groups in total. The second-order valence-corrected chi connectivity index (χ2v) is 4.52. The fourth-order valence-electron chi connectivity index (χ4n) is 1.51. The number of hydrogen-bond donors (Lipinski definition) is 1. The first-order valence-electron chi connectivity index (χ1n) is 6.05. The number of aryl methyl sites for hydroxylation is 1. The summed E-state index contributed by atoms with van der Waals surface area (Å²) in [6.45, 7) is 0.160. The number of nitrogens with zero attached hydrogens (tertiary/aromatic N) is 2. The van der Waals surface area contributed by atoms with Gasteiger partial charge in [0.25, 0.3) is 5.89 Å². The molecular formula is C13H13ClN2O4. The summed E-state index contributed by atoms with van der Waals surface area (Å²) in [7, 11) is 0. The Morgan fingerprint density at radius 1 is 1.25 bits per heavy atom. The van der Waals surface area contributed by atoms with Crippen LogP contribution in [-0.2, 0) is 17.8 Å². The van der Waals surface area contributed by atoms with Gasteiger partial charge in [-0.15, -0.1) is 10.2 Å². The van der Waals surface area contributed by atoms with Crippen molar-refractivity contribution in [2.45, 2.75) is 25.9 Å². The highest BCUT2D eigenvalue weighted by Gasteiger charge is 2.07. The van der Waals surface area contributed by atoms with Crippen molar-refractivity contribution >= 4 is 17.6 Å². The molecule has 1 aromatic heterocycles. The minimum absolute atomic E-state index is 0.0823. The molecule has 0 aliphatic carbocycles. The smallest absolute Gasteiger partial charge is 0.303 e. The SMILES string of the molecule is O=C(O)CCCc1nnc(COc2ccc(Cl)cc2)o1. The quantitative estimate of drug-likeness (QED) is 0.845. The zero-order valence-electron chi connectivity index (χ0n) is 10.6. The summed E-state index contributed by atoms with van der Waals surface area (Å²) in [5, 5.41) is 16.8. The second-order valence-electron chi connectivity index (χ2n) is 4.08. The number of hydrogen-bond acceptors (Lipinski definition) is 5. The Morgan fingerprint density at radius 2 is 1.95 bits per heavy atom. The van der Waals surface area contributed by atoms with Crippen LogP contribution in [0.15, 0.2) is 28.7 Å². The Labute approximate surface area is 120 Å². The predicted octanol–water partition coefficient (Wildman–Crippen LogP) is 2.71. The molecule has 106 valence electrons. The zero-order chi connectivity index (χ0) is 14.4. The molecule has 0 radical (unpaired) electrons. The molecule has 0 atom stereocenters. The van der Waals surface area contributed by atoms with Crippen molar-refractivity contribution in [3.8, 4) is 5.75 Å². The number of carboxylic acid groups (broad SMARTS) is 1. The molecule has 6 nitrogen and oxygen atoms in total. The van der Waals surface area contributed by atoms with Gasteiger partial charge in [0.2, 0.25) is 5.89 Å². The monoisotopic (exact) mass is 296 g/mol. The number of carboxylic acids is 1. The molecule has 0 spiro atoms. The number of rotatable bonds is 7. The van der Waals surface area contributed by atoms with E-state index in [1.54, 1.807) is 24.3 Å². The van der Waals surface area contributed by atoms with Crippen LogP contribution in [-0.4, -0.2) is 21.3 Å². The van der Waals surface area contributed by atoms with E-state index >= 15 is 0 Å². The third-order valence-corrected chi connectivity index (χ3v) is 2.72. The molecule has 2 aromatic rings. The van der Waals surface area contributed by atoms with Crippen LogP contribution in [0.1, 0.15) is 24.6 Å². The molecule has 1 aromatic carbocycles. The Hall–Kier alpha value is -2.08. The molecule has 0 bridgehead atoms. The topological polar surface area (TPSA) is 85.5 Å². The first-order valence-corrected chi connectivity index (χ1v) is 6.42. The van der Waals surface area contributed by atoms with Crippen molar-refractivity contribution in [2.75, 3.05) is 0 Å². The lowest BCUT2D eigenvalue weighted by molar-refractivity contribution is -0.137. The number of benzene rings is 1. The van der Waals surface area contributed by atoms with Crippen LogP contribution in [0.2, 0.25) is 5.02 Å². The maximum absolute atomic E-state index is 10.4. The van der Waals surface area contributed by atoms with Crippen LogP contribution in [0.25, 0.3) is 0 Å². The van der Waals surface area contributed by atoms with Crippen LogP contribution >= 0.6 is 11.6 Å². The lowest BCUT2D eigenvalue weighted by atomic mass is 10.2. The number of halogens is 1. The molecular weight excluding hydrogens is 284 g/mol. The van der Waals surface area contributed by atoms with Gasteiger partial charge in [0.05, 0.1) is 0 Å². The van der Waals surface area contributed by atoms with Crippen molar-refractivity contribution in [3.05, 3.63) is 41.1 Å². The van der Waals surface area contributed by atoms with Gasteiger partial charge in [-0.3, -0.25) is 4.79 Å². The van der Waals surface area contributed by atoms with Crippen LogP contribution in [0.4, 0.5) is 0 Å². The van der Waals surface area contributed by atoms with Gasteiger partial charge in [-0.1, -0.05) is 11.6 Å². The van der Waals surface area contributed by atoms with E-state index < -0.39 is 5.97 Å². The predicted molar refractivity (Wildman–Crippen MR) is 70.7 cm³/mol. The van der Waals surface area contributed by atoms with Crippen molar-refractivity contribution in [3.63, 3.8) is 0 Å². The summed E-state index contributed by atoms with van der Waals surface area (Å²) < 4.78 is 10.8. The fraction of sp³-hybridized carbons (Fsp3) is 0.308. The average molecular weight is 297 g/mol. The summed E-state index contributed by atoms with van der Waals surface area (Å²) in [5.74, 6) is 0.585. The first-order chi connectivity index (χ1) is 9.63. The molecule has 0 saturated heterocycles. The van der Waals surface area contributed by atoms with Gasteiger partial charge in [0.1, 0.15) is 5.75 Å². The van der Waals surface area contributed by atoms with Crippen molar-refractivity contribution in [1.29, 1.82) is 0 Å². The molecule has 0 aliphatic heterocycles. The van der Waals surface area contributed by atoms with Crippen molar-refractivity contribution in [2.24, 2.45) is 0 Å². The van der Waals surface area contributed by atoms with E-state index in [0.29, 0.717) is 35.4 Å². The van der Waals surface area contributed by atoms with E-state index in [4.69, 9.17) is 25.9 Å². The van der Waals surface area contributed by atoms with Gasteiger partial charge < -0.3 is 14.3 Å². The second kappa shape index (κ2) is 6.91. The molecule has 0 amide bonds. The van der Waals surface area contributed by atoms with Crippen LogP contribution in [0, 0.1) is 0 Å². The molecule has 7 heteroatoms. The molecule has 0 saturated carbocycles. The number of aliphatic carboxylic acids is 1.